The van der Waals surface area contributed by atoms with Gasteiger partial charge in [-0.05, 0) is 67.6 Å². The Balaban J connectivity index is 0.00000192. The number of hydrogen-bond donors (Lipinski definition) is 0. The van der Waals surface area contributed by atoms with E-state index in [1.807, 2.05) is 0 Å². The number of rotatable bonds is 4. The Kier molecular flexibility index (Phi) is 17.6. The molecule has 2 saturated carbocycles. The van der Waals surface area contributed by atoms with E-state index in [1.165, 1.54) is 57.9 Å². The molecule has 1 saturated heterocycles. The van der Waals surface area contributed by atoms with Crippen molar-refractivity contribution < 1.29 is 175 Å². The molecule has 0 amide bonds. The molecule has 1 spiro atoms. The van der Waals surface area contributed by atoms with Crippen LogP contribution in [0.5, 0.6) is 0 Å². The zero-order chi connectivity index (χ0) is 15.7. The third-order valence-electron chi connectivity index (χ3n) is 7.17. The van der Waals surface area contributed by atoms with E-state index >= 15 is 0 Å². The van der Waals surface area contributed by atoms with Crippen molar-refractivity contribution in [2.45, 2.75) is 79.1 Å². The topological polar surface area (TPSA) is 3.24 Å². The monoisotopic (exact) mass is 558 g/mol. The van der Waals surface area contributed by atoms with Crippen molar-refractivity contribution in [3.8, 4) is 0 Å². The maximum absolute atomic E-state index is 2.54. The van der Waals surface area contributed by atoms with E-state index in [0.29, 0.717) is 0 Å². The van der Waals surface area contributed by atoms with Crippen molar-refractivity contribution in [3.63, 3.8) is 0 Å². The predicted octanol–water partition coefficient (Wildman–Crippen LogP) is -3.07. The SMILES string of the molecule is CC(C)C1C[CH-]N(CC2CC3(CCC(C(C)C)CC3)C2)[CH-]C1.[Rb+].[Rb+].[Rb+]. The first-order valence-corrected chi connectivity index (χ1v) is 9.90. The minimum atomic E-state index is 0. The van der Waals surface area contributed by atoms with Gasteiger partial charge < -0.3 is 4.90 Å². The van der Waals surface area contributed by atoms with Crippen LogP contribution < -0.4 is 175 Å². The van der Waals surface area contributed by atoms with Crippen LogP contribution in [0.4, 0.5) is 0 Å². The summed E-state index contributed by atoms with van der Waals surface area (Å²) >= 11 is 0. The van der Waals surface area contributed by atoms with Crippen LogP contribution in [0.1, 0.15) is 79.1 Å². The second-order valence-electron chi connectivity index (χ2n) is 9.39. The summed E-state index contributed by atoms with van der Waals surface area (Å²) < 4.78 is 0. The Morgan fingerprint density at radius 3 is 1.76 bits per heavy atom. The van der Waals surface area contributed by atoms with Crippen molar-refractivity contribution in [1.29, 1.82) is 0 Å². The van der Waals surface area contributed by atoms with Gasteiger partial charge in [-0.25, -0.2) is 0 Å². The van der Waals surface area contributed by atoms with E-state index in [4.69, 9.17) is 0 Å². The van der Waals surface area contributed by atoms with E-state index in [1.54, 1.807) is 0 Å². The van der Waals surface area contributed by atoms with Crippen molar-refractivity contribution >= 4 is 0 Å². The van der Waals surface area contributed by atoms with Crippen LogP contribution in [0.2, 0.25) is 0 Å². The second kappa shape index (κ2) is 14.5. The quantitative estimate of drug-likeness (QED) is 0.331. The molecule has 3 aliphatic rings. The number of hydrogen-bond acceptors (Lipinski definition) is 1. The van der Waals surface area contributed by atoms with Gasteiger partial charge >= 0.3 is 175 Å². The van der Waals surface area contributed by atoms with E-state index in [9.17, 15) is 0 Å². The van der Waals surface area contributed by atoms with Gasteiger partial charge in [0.25, 0.3) is 0 Å². The fraction of sp³-hybridized carbons (Fsp3) is 0.905. The first kappa shape index (κ1) is 30.4. The first-order valence-electron chi connectivity index (χ1n) is 9.90. The van der Waals surface area contributed by atoms with Gasteiger partial charge in [-0.3, -0.25) is 13.1 Å². The maximum Gasteiger partial charge on any atom is 1.00 e. The first-order chi connectivity index (χ1) is 10.5. The molecule has 1 nitrogen and oxygen atoms in total. The Hall–Kier alpha value is 5.38. The number of nitrogens with zero attached hydrogens (tertiary/aromatic N) is 1. The minimum absolute atomic E-state index is 0. The molecule has 0 N–H and O–H groups in total. The molecule has 3 rings (SSSR count). The van der Waals surface area contributed by atoms with Crippen molar-refractivity contribution in [2.24, 2.45) is 35.0 Å². The van der Waals surface area contributed by atoms with Crippen molar-refractivity contribution in [2.75, 3.05) is 6.54 Å². The van der Waals surface area contributed by atoms with E-state index < -0.39 is 0 Å². The average molecular weight is 560 g/mol. The van der Waals surface area contributed by atoms with Crippen LogP contribution in [0.3, 0.4) is 0 Å². The summed E-state index contributed by atoms with van der Waals surface area (Å²) in [5.41, 5.74) is 0.770. The second-order valence-corrected chi connectivity index (χ2v) is 9.39. The Labute approximate surface area is 305 Å². The van der Waals surface area contributed by atoms with Crippen LogP contribution in [-0.2, 0) is 0 Å². The average Bonchev–Trinajstić information content (AvgIpc) is 2.46. The summed E-state index contributed by atoms with van der Waals surface area (Å²) in [6.45, 7) is 15.8. The molecule has 0 aromatic rings. The third kappa shape index (κ3) is 9.03. The van der Waals surface area contributed by atoms with E-state index in [0.717, 1.165) is 35.0 Å². The summed E-state index contributed by atoms with van der Waals surface area (Å²) in [6, 6.07) is 0. The third-order valence-corrected chi connectivity index (χ3v) is 7.17. The molecule has 0 unspecified atom stereocenters. The van der Waals surface area contributed by atoms with Gasteiger partial charge in [-0.2, -0.15) is 12.8 Å². The molecule has 4 heteroatoms. The Bertz CT molecular complexity index is 345. The number of piperidine rings is 1. The Morgan fingerprint density at radius 2 is 1.32 bits per heavy atom. The fourth-order valence-electron chi connectivity index (χ4n) is 5.33. The molecule has 1 aliphatic heterocycles. The van der Waals surface area contributed by atoms with Gasteiger partial charge in [0.2, 0.25) is 0 Å². The summed E-state index contributed by atoms with van der Waals surface area (Å²) in [5, 5.41) is 0. The molecule has 0 aromatic heterocycles. The molecule has 25 heavy (non-hydrogen) atoms. The Morgan fingerprint density at radius 1 is 0.840 bits per heavy atom. The normalized spacial score (nSPS) is 33.4. The predicted molar refractivity (Wildman–Crippen MR) is 94.8 cm³/mol. The smallest absolute Gasteiger partial charge is 0.605 e. The van der Waals surface area contributed by atoms with Crippen molar-refractivity contribution in [1.82, 2.24) is 4.90 Å². The van der Waals surface area contributed by atoms with Crippen molar-refractivity contribution in [3.05, 3.63) is 13.1 Å². The summed E-state index contributed by atoms with van der Waals surface area (Å²) in [5.74, 6) is 4.60. The molecule has 2 aliphatic carbocycles. The van der Waals surface area contributed by atoms with E-state index in [-0.39, 0.29) is 175 Å². The molecule has 0 bridgehead atoms. The van der Waals surface area contributed by atoms with Gasteiger partial charge in [-0.1, -0.05) is 40.2 Å². The molecule has 0 aromatic carbocycles. The summed E-state index contributed by atoms with van der Waals surface area (Å²) in [6.07, 6.45) is 11.7. The van der Waals surface area contributed by atoms with Crippen LogP contribution in [0, 0.1) is 48.1 Å². The maximum atomic E-state index is 2.54. The van der Waals surface area contributed by atoms with Crippen LogP contribution in [0.25, 0.3) is 0 Å². The van der Waals surface area contributed by atoms with Crippen LogP contribution in [0.15, 0.2) is 0 Å². The van der Waals surface area contributed by atoms with E-state index in [2.05, 4.69) is 45.7 Å². The van der Waals surface area contributed by atoms with Gasteiger partial charge in [0, 0.05) is 0 Å². The summed E-state index contributed by atoms with van der Waals surface area (Å²) in [4.78, 5) is 2.54. The van der Waals surface area contributed by atoms with Gasteiger partial charge in [0.05, 0.1) is 0 Å². The minimum Gasteiger partial charge on any atom is -0.605 e. The van der Waals surface area contributed by atoms with Gasteiger partial charge in [0.1, 0.15) is 0 Å². The molecule has 1 heterocycles. The van der Waals surface area contributed by atoms with Gasteiger partial charge in [-0.15, -0.1) is 0 Å². The molecular formula is C21H37NRb3+. The zero-order valence-corrected chi connectivity index (χ0v) is 33.1. The number of likely N-dealkylation sites (tertiary alicyclic amines) is 1. The molecular weight excluding hydrogens is 523 g/mol. The fourth-order valence-corrected chi connectivity index (χ4v) is 5.33. The van der Waals surface area contributed by atoms with Crippen LogP contribution >= 0.6 is 0 Å². The molecule has 0 atom stereocenters. The van der Waals surface area contributed by atoms with Crippen LogP contribution in [-0.4, -0.2) is 11.4 Å². The molecule has 128 valence electrons. The standard InChI is InChI=1S/C21H37N.3Rb/c1-16(2)19-5-9-21(10-6-19)13-18(14-21)15-22-11-7-20(8-12-22)17(3)4;;;/h11-12,16-20H,5-10,13-15H2,1-4H3;;;/q-2;3*+1. The summed E-state index contributed by atoms with van der Waals surface area (Å²) in [7, 11) is 0. The molecule has 3 fully saturated rings. The zero-order valence-electron chi connectivity index (χ0n) is 18.4. The van der Waals surface area contributed by atoms with Gasteiger partial charge in [0.15, 0.2) is 0 Å². The largest absolute Gasteiger partial charge is 1.00 e. The molecule has 0 radical (unpaired) electrons.